The number of hydrogen-bond acceptors (Lipinski definition) is 5. The number of aromatic amines is 2. The van der Waals surface area contributed by atoms with E-state index in [4.69, 9.17) is 17.3 Å². The van der Waals surface area contributed by atoms with Gasteiger partial charge in [0.15, 0.2) is 0 Å². The molecule has 10 heteroatoms. The second kappa shape index (κ2) is 7.61. The predicted octanol–water partition coefficient (Wildman–Crippen LogP) is 1.99. The first kappa shape index (κ1) is 19.8. The number of allylic oxidation sites excluding steroid dienone is 2. The maximum Gasteiger partial charge on any atom is 0.325 e. The van der Waals surface area contributed by atoms with E-state index in [9.17, 15) is 18.4 Å². The van der Waals surface area contributed by atoms with Crippen molar-refractivity contribution in [3.05, 3.63) is 78.9 Å². The van der Waals surface area contributed by atoms with Crippen LogP contribution in [-0.4, -0.2) is 34.5 Å². The number of H-pyrrole nitrogens is 2. The highest BCUT2D eigenvalue weighted by molar-refractivity contribution is 6.32. The molecule has 148 valence electrons. The van der Waals surface area contributed by atoms with Crippen LogP contribution in [0.3, 0.4) is 0 Å². The Kier molecular flexibility index (Phi) is 5.39. The normalized spacial score (nSPS) is 17.0. The Morgan fingerprint density at radius 2 is 1.96 bits per heavy atom. The van der Waals surface area contributed by atoms with Gasteiger partial charge in [-0.1, -0.05) is 11.6 Å². The largest absolute Gasteiger partial charge is 0.353 e. The minimum absolute atomic E-state index is 0.0516. The van der Waals surface area contributed by atoms with Crippen LogP contribution in [0.5, 0.6) is 0 Å². The van der Waals surface area contributed by atoms with Gasteiger partial charge in [0.25, 0.3) is 5.56 Å². The van der Waals surface area contributed by atoms with Crippen LogP contribution >= 0.6 is 11.6 Å². The third-order valence-corrected chi connectivity index (χ3v) is 4.92. The fourth-order valence-corrected chi connectivity index (χ4v) is 3.44. The first-order chi connectivity index (χ1) is 13.2. The van der Waals surface area contributed by atoms with Gasteiger partial charge >= 0.3 is 5.69 Å². The van der Waals surface area contributed by atoms with Crippen molar-refractivity contribution in [1.82, 2.24) is 14.9 Å². The molecule has 0 fully saturated rings. The smallest absolute Gasteiger partial charge is 0.325 e. The number of rotatable bonds is 4. The fraction of sp³-hybridized carbons (Fsp3) is 0.222. The van der Waals surface area contributed by atoms with Gasteiger partial charge in [-0.25, -0.2) is 13.6 Å². The van der Waals surface area contributed by atoms with Gasteiger partial charge in [0.1, 0.15) is 23.1 Å². The van der Waals surface area contributed by atoms with Gasteiger partial charge in [-0.2, -0.15) is 0 Å². The van der Waals surface area contributed by atoms with Crippen LogP contribution < -0.4 is 22.3 Å². The van der Waals surface area contributed by atoms with Gasteiger partial charge in [-0.15, -0.1) is 0 Å². The molecule has 0 saturated heterocycles. The summed E-state index contributed by atoms with van der Waals surface area (Å²) in [7, 11) is 1.70. The standard InChI is InChI=1S/C18H18ClF2N5O2/c1-8-5-9(14-10(20)3-4-11(21)15(14)19)13(6-22)26(2)16(8)24-12-7-23-18(28)25-17(12)27/h3-5,7,13,24H,6,22H2,1-2H3,(H2,23,25,27,28). The SMILES string of the molecule is CC1=C(Nc2c[nH]c(=O)[nH]c2=O)N(C)C(CN)C(c2c(F)ccc(F)c2Cl)=C1. The molecule has 0 aliphatic carbocycles. The molecule has 0 radical (unpaired) electrons. The van der Waals surface area contributed by atoms with E-state index >= 15 is 0 Å². The number of benzene rings is 1. The topological polar surface area (TPSA) is 107 Å². The van der Waals surface area contributed by atoms with Crippen molar-refractivity contribution in [3.63, 3.8) is 0 Å². The molecule has 5 N–H and O–H groups in total. The number of nitrogens with two attached hydrogens (primary N) is 1. The van der Waals surface area contributed by atoms with E-state index in [1.807, 2.05) is 0 Å². The molecule has 0 saturated carbocycles. The number of nitrogens with one attached hydrogen (secondary N) is 3. The van der Waals surface area contributed by atoms with Crippen LogP contribution in [0.4, 0.5) is 14.5 Å². The molecule has 1 aromatic heterocycles. The molecule has 2 aromatic rings. The third-order valence-electron chi connectivity index (χ3n) is 4.55. The van der Waals surface area contributed by atoms with Gasteiger partial charge in [-0.3, -0.25) is 9.78 Å². The summed E-state index contributed by atoms with van der Waals surface area (Å²) in [4.78, 5) is 29.4. The Balaban J connectivity index is 2.12. The Bertz CT molecular complexity index is 1110. The number of likely N-dealkylation sites (N-methyl/N-ethyl adjacent to an activating group) is 1. The zero-order valence-corrected chi connectivity index (χ0v) is 15.8. The van der Waals surface area contributed by atoms with Crippen molar-refractivity contribution < 1.29 is 8.78 Å². The number of anilines is 1. The lowest BCUT2D eigenvalue weighted by atomic mass is 9.91. The summed E-state index contributed by atoms with van der Waals surface area (Å²) in [5, 5.41) is 2.62. The summed E-state index contributed by atoms with van der Waals surface area (Å²) >= 11 is 6.03. The van der Waals surface area contributed by atoms with Crippen LogP contribution in [0.15, 0.2) is 45.4 Å². The zero-order chi connectivity index (χ0) is 20.6. The molecule has 28 heavy (non-hydrogen) atoms. The van der Waals surface area contributed by atoms with E-state index in [1.165, 1.54) is 6.20 Å². The maximum atomic E-state index is 14.5. The second-order valence-corrected chi connectivity index (χ2v) is 6.70. The van der Waals surface area contributed by atoms with Gasteiger partial charge < -0.3 is 20.9 Å². The Morgan fingerprint density at radius 1 is 1.29 bits per heavy atom. The summed E-state index contributed by atoms with van der Waals surface area (Å²) in [5.41, 5.74) is 5.79. The summed E-state index contributed by atoms with van der Waals surface area (Å²) in [6.45, 7) is 1.81. The minimum atomic E-state index is -0.734. The van der Waals surface area contributed by atoms with E-state index in [-0.39, 0.29) is 22.8 Å². The first-order valence-electron chi connectivity index (χ1n) is 8.32. The Morgan fingerprint density at radius 3 is 2.61 bits per heavy atom. The molecule has 1 aliphatic heterocycles. The second-order valence-electron chi connectivity index (χ2n) is 6.32. The molecule has 1 unspecified atom stereocenters. The van der Waals surface area contributed by atoms with E-state index in [0.29, 0.717) is 17.0 Å². The zero-order valence-electron chi connectivity index (χ0n) is 15.1. The van der Waals surface area contributed by atoms with Crippen molar-refractivity contribution in [2.45, 2.75) is 13.0 Å². The third kappa shape index (κ3) is 3.46. The van der Waals surface area contributed by atoms with Crippen molar-refractivity contribution in [3.8, 4) is 0 Å². The van der Waals surface area contributed by atoms with Crippen molar-refractivity contribution in [1.29, 1.82) is 0 Å². The molecule has 2 heterocycles. The number of aromatic nitrogens is 2. The van der Waals surface area contributed by atoms with E-state index in [1.54, 1.807) is 24.9 Å². The summed E-state index contributed by atoms with van der Waals surface area (Å²) in [6, 6.07) is 1.43. The number of nitrogens with zero attached hydrogens (tertiary/aromatic N) is 1. The van der Waals surface area contributed by atoms with Crippen LogP contribution in [0.1, 0.15) is 12.5 Å². The van der Waals surface area contributed by atoms with Crippen LogP contribution in [0.25, 0.3) is 5.57 Å². The average Bonchev–Trinajstić information content (AvgIpc) is 2.64. The van der Waals surface area contributed by atoms with E-state index in [0.717, 1.165) is 12.1 Å². The number of hydrogen-bond donors (Lipinski definition) is 4. The number of halogens is 3. The van der Waals surface area contributed by atoms with Crippen molar-refractivity contribution in [2.75, 3.05) is 18.9 Å². The van der Waals surface area contributed by atoms with Crippen LogP contribution in [-0.2, 0) is 0 Å². The molecule has 0 spiro atoms. The highest BCUT2D eigenvalue weighted by Gasteiger charge is 2.30. The van der Waals surface area contributed by atoms with Gasteiger partial charge in [-0.05, 0) is 36.3 Å². The lowest BCUT2D eigenvalue weighted by Gasteiger charge is -2.38. The van der Waals surface area contributed by atoms with Gasteiger partial charge in [0, 0.05) is 25.4 Å². The molecular formula is C18H18ClF2N5O2. The fourth-order valence-electron chi connectivity index (χ4n) is 3.17. The molecule has 1 aromatic carbocycles. The lowest BCUT2D eigenvalue weighted by Crippen LogP contribution is -2.43. The maximum absolute atomic E-state index is 14.5. The highest BCUT2D eigenvalue weighted by Crippen LogP contribution is 2.37. The molecule has 0 bridgehead atoms. The summed E-state index contributed by atoms with van der Waals surface area (Å²) in [5.74, 6) is -0.877. The molecule has 1 aliphatic rings. The monoisotopic (exact) mass is 409 g/mol. The average molecular weight is 410 g/mol. The predicted molar refractivity (Wildman–Crippen MR) is 104 cm³/mol. The summed E-state index contributed by atoms with van der Waals surface area (Å²) < 4.78 is 28.4. The highest BCUT2D eigenvalue weighted by atomic mass is 35.5. The van der Waals surface area contributed by atoms with Crippen molar-refractivity contribution in [2.24, 2.45) is 5.73 Å². The van der Waals surface area contributed by atoms with E-state index < -0.39 is 28.9 Å². The molecule has 3 rings (SSSR count). The van der Waals surface area contributed by atoms with Crippen molar-refractivity contribution >= 4 is 22.9 Å². The molecule has 1 atom stereocenters. The summed E-state index contributed by atoms with van der Waals surface area (Å²) in [6.07, 6.45) is 2.89. The van der Waals surface area contributed by atoms with Gasteiger partial charge in [0.05, 0.1) is 11.1 Å². The molecule has 7 nitrogen and oxygen atoms in total. The van der Waals surface area contributed by atoms with Crippen LogP contribution in [0.2, 0.25) is 5.02 Å². The van der Waals surface area contributed by atoms with E-state index in [2.05, 4.69) is 15.3 Å². The molecular weight excluding hydrogens is 392 g/mol. The molecule has 0 amide bonds. The quantitative estimate of drug-likeness (QED) is 0.578. The first-order valence-corrected chi connectivity index (χ1v) is 8.70. The van der Waals surface area contributed by atoms with Gasteiger partial charge in [0.2, 0.25) is 0 Å². The Labute approximate surface area is 163 Å². The lowest BCUT2D eigenvalue weighted by molar-refractivity contribution is 0.362. The van der Waals surface area contributed by atoms with Crippen LogP contribution in [0, 0.1) is 11.6 Å². The Hall–Kier alpha value is -2.91. The minimum Gasteiger partial charge on any atom is -0.353 e.